The van der Waals surface area contributed by atoms with Crippen molar-refractivity contribution in [1.29, 1.82) is 0 Å². The second kappa shape index (κ2) is 6.15. The highest BCUT2D eigenvalue weighted by molar-refractivity contribution is 9.10. The van der Waals surface area contributed by atoms with E-state index in [4.69, 9.17) is 5.11 Å². The van der Waals surface area contributed by atoms with Crippen LogP contribution in [-0.4, -0.2) is 32.9 Å². The average Bonchev–Trinajstić information content (AvgIpc) is 2.79. The second-order valence-electron chi connectivity index (χ2n) is 4.42. The summed E-state index contributed by atoms with van der Waals surface area (Å²) in [5.74, 6) is 0.994. The van der Waals surface area contributed by atoms with Crippen molar-refractivity contribution in [2.24, 2.45) is 5.92 Å². The molecule has 2 N–H and O–H groups in total. The van der Waals surface area contributed by atoms with E-state index in [-0.39, 0.29) is 6.61 Å². The Bertz CT molecular complexity index is 514. The fraction of sp³-hybridized carbons (Fsp3) is 0.500. The highest BCUT2D eigenvalue weighted by atomic mass is 79.9. The monoisotopic (exact) mass is 312 g/mol. The van der Waals surface area contributed by atoms with Crippen LogP contribution in [0, 0.1) is 5.92 Å². The van der Waals surface area contributed by atoms with Gasteiger partial charge in [0.1, 0.15) is 0 Å². The molecule has 2 aromatic rings. The molecule has 0 radical (unpaired) electrons. The maximum absolute atomic E-state index is 8.92. The van der Waals surface area contributed by atoms with Gasteiger partial charge in [-0.2, -0.15) is 4.98 Å². The van der Waals surface area contributed by atoms with E-state index in [0.717, 1.165) is 29.5 Å². The van der Waals surface area contributed by atoms with E-state index in [1.54, 1.807) is 4.52 Å². The van der Waals surface area contributed by atoms with E-state index in [2.05, 4.69) is 31.3 Å². The SMILES string of the molecule is CC(CO)CCCNc1nc2c(Br)cccn2n1. The van der Waals surface area contributed by atoms with Crippen LogP contribution in [0.4, 0.5) is 5.95 Å². The van der Waals surface area contributed by atoms with E-state index in [0.29, 0.717) is 11.9 Å². The molecule has 0 saturated carbocycles. The molecular formula is C12H17BrN4O. The quantitative estimate of drug-likeness (QED) is 0.804. The first-order valence-corrected chi connectivity index (χ1v) is 6.85. The highest BCUT2D eigenvalue weighted by Crippen LogP contribution is 2.16. The van der Waals surface area contributed by atoms with Crippen LogP contribution in [0.2, 0.25) is 0 Å². The molecule has 0 saturated heterocycles. The van der Waals surface area contributed by atoms with E-state index in [9.17, 15) is 0 Å². The Kier molecular flexibility index (Phi) is 4.54. The van der Waals surface area contributed by atoms with Crippen molar-refractivity contribution in [3.63, 3.8) is 0 Å². The molecule has 0 spiro atoms. The van der Waals surface area contributed by atoms with Gasteiger partial charge in [0.2, 0.25) is 5.95 Å². The topological polar surface area (TPSA) is 62.5 Å². The molecule has 0 amide bonds. The molecule has 0 aliphatic carbocycles. The summed E-state index contributed by atoms with van der Waals surface area (Å²) in [6.45, 7) is 3.11. The largest absolute Gasteiger partial charge is 0.396 e. The van der Waals surface area contributed by atoms with Crippen LogP contribution in [0.1, 0.15) is 19.8 Å². The predicted molar refractivity (Wildman–Crippen MR) is 74.7 cm³/mol. The summed E-state index contributed by atoms with van der Waals surface area (Å²) in [6.07, 6.45) is 3.87. The first-order chi connectivity index (χ1) is 8.70. The minimum Gasteiger partial charge on any atom is -0.396 e. The van der Waals surface area contributed by atoms with Crippen LogP contribution in [0.3, 0.4) is 0 Å². The summed E-state index contributed by atoms with van der Waals surface area (Å²) >= 11 is 3.44. The molecule has 1 unspecified atom stereocenters. The maximum atomic E-state index is 8.92. The molecule has 6 heteroatoms. The van der Waals surface area contributed by atoms with Crippen molar-refractivity contribution in [3.05, 3.63) is 22.8 Å². The number of rotatable bonds is 6. The lowest BCUT2D eigenvalue weighted by Crippen LogP contribution is -2.07. The van der Waals surface area contributed by atoms with Crippen LogP contribution in [0.15, 0.2) is 22.8 Å². The number of hydrogen-bond donors (Lipinski definition) is 2. The molecule has 18 heavy (non-hydrogen) atoms. The van der Waals surface area contributed by atoms with Gasteiger partial charge in [-0.1, -0.05) is 6.92 Å². The van der Waals surface area contributed by atoms with Crippen LogP contribution in [-0.2, 0) is 0 Å². The Hall–Kier alpha value is -1.14. The summed E-state index contributed by atoms with van der Waals surface area (Å²) in [5.41, 5.74) is 0.809. The van der Waals surface area contributed by atoms with E-state index in [1.165, 1.54) is 0 Å². The molecule has 0 aliphatic rings. The van der Waals surface area contributed by atoms with Gasteiger partial charge < -0.3 is 10.4 Å². The zero-order valence-corrected chi connectivity index (χ0v) is 11.9. The van der Waals surface area contributed by atoms with Crippen molar-refractivity contribution in [1.82, 2.24) is 14.6 Å². The Balaban J connectivity index is 1.90. The fourth-order valence-corrected chi connectivity index (χ4v) is 2.11. The normalized spacial score (nSPS) is 12.8. The summed E-state index contributed by atoms with van der Waals surface area (Å²) in [5, 5.41) is 16.4. The van der Waals surface area contributed by atoms with E-state index >= 15 is 0 Å². The Morgan fingerprint density at radius 2 is 2.39 bits per heavy atom. The van der Waals surface area contributed by atoms with Crippen LogP contribution in [0.5, 0.6) is 0 Å². The molecule has 0 bridgehead atoms. The second-order valence-corrected chi connectivity index (χ2v) is 5.27. The predicted octanol–water partition coefficient (Wildman–Crippen LogP) is 2.31. The molecule has 0 aromatic carbocycles. The van der Waals surface area contributed by atoms with Gasteiger partial charge in [-0.3, -0.25) is 0 Å². The average molecular weight is 313 g/mol. The molecular weight excluding hydrogens is 296 g/mol. The van der Waals surface area contributed by atoms with Crippen LogP contribution >= 0.6 is 15.9 Å². The van der Waals surface area contributed by atoms with Gasteiger partial charge in [-0.15, -0.1) is 5.10 Å². The minimum absolute atomic E-state index is 0.250. The van der Waals surface area contributed by atoms with Crippen LogP contribution in [0.25, 0.3) is 5.65 Å². The first-order valence-electron chi connectivity index (χ1n) is 6.06. The van der Waals surface area contributed by atoms with Gasteiger partial charge in [-0.25, -0.2) is 4.52 Å². The smallest absolute Gasteiger partial charge is 0.243 e. The lowest BCUT2D eigenvalue weighted by Gasteiger charge is -2.06. The number of nitrogens with zero attached hydrogens (tertiary/aromatic N) is 3. The van der Waals surface area contributed by atoms with Gasteiger partial charge in [-0.05, 0) is 46.8 Å². The van der Waals surface area contributed by atoms with E-state index < -0.39 is 0 Å². The Morgan fingerprint density at radius 3 is 3.11 bits per heavy atom. The van der Waals surface area contributed by atoms with Crippen LogP contribution < -0.4 is 5.32 Å². The number of aliphatic hydroxyl groups is 1. The number of anilines is 1. The zero-order chi connectivity index (χ0) is 13.0. The van der Waals surface area contributed by atoms with Gasteiger partial charge in [0, 0.05) is 19.3 Å². The van der Waals surface area contributed by atoms with Crippen molar-refractivity contribution >= 4 is 27.5 Å². The molecule has 98 valence electrons. The molecule has 1 atom stereocenters. The number of fused-ring (bicyclic) bond motifs is 1. The zero-order valence-electron chi connectivity index (χ0n) is 10.3. The highest BCUT2D eigenvalue weighted by Gasteiger charge is 2.05. The van der Waals surface area contributed by atoms with Crippen molar-refractivity contribution in [2.75, 3.05) is 18.5 Å². The number of halogens is 1. The molecule has 2 aromatic heterocycles. The van der Waals surface area contributed by atoms with E-state index in [1.807, 2.05) is 25.3 Å². The standard InChI is InChI=1S/C12H17BrN4O/c1-9(8-18)4-2-6-14-12-15-11-10(13)5-3-7-17(11)16-12/h3,5,7,9,18H,2,4,6,8H2,1H3,(H,14,16). The number of nitrogens with one attached hydrogen (secondary N) is 1. The summed E-state index contributed by atoms with van der Waals surface area (Å²) in [4.78, 5) is 4.39. The number of hydrogen-bond acceptors (Lipinski definition) is 4. The lowest BCUT2D eigenvalue weighted by molar-refractivity contribution is 0.229. The third kappa shape index (κ3) is 3.20. The van der Waals surface area contributed by atoms with Gasteiger partial charge in [0.05, 0.1) is 4.47 Å². The first kappa shape index (κ1) is 13.3. The van der Waals surface area contributed by atoms with Crippen molar-refractivity contribution in [2.45, 2.75) is 19.8 Å². The molecule has 2 heterocycles. The van der Waals surface area contributed by atoms with Crippen molar-refractivity contribution < 1.29 is 5.11 Å². The molecule has 0 fully saturated rings. The summed E-state index contributed by atoms with van der Waals surface area (Å²) in [7, 11) is 0. The molecule has 5 nitrogen and oxygen atoms in total. The Labute approximate surface area is 114 Å². The minimum atomic E-state index is 0.250. The summed E-state index contributed by atoms with van der Waals surface area (Å²) in [6, 6.07) is 3.86. The number of aromatic nitrogens is 3. The van der Waals surface area contributed by atoms with Gasteiger partial charge in [0.15, 0.2) is 5.65 Å². The number of pyridine rings is 1. The van der Waals surface area contributed by atoms with Gasteiger partial charge >= 0.3 is 0 Å². The fourth-order valence-electron chi connectivity index (χ4n) is 1.69. The Morgan fingerprint density at radius 1 is 1.56 bits per heavy atom. The lowest BCUT2D eigenvalue weighted by atomic mass is 10.1. The van der Waals surface area contributed by atoms with Crippen molar-refractivity contribution in [3.8, 4) is 0 Å². The molecule has 0 aliphatic heterocycles. The third-order valence-electron chi connectivity index (χ3n) is 2.78. The maximum Gasteiger partial charge on any atom is 0.243 e. The summed E-state index contributed by atoms with van der Waals surface area (Å²) < 4.78 is 2.67. The molecule has 2 rings (SSSR count). The third-order valence-corrected chi connectivity index (χ3v) is 3.40. The number of aliphatic hydroxyl groups excluding tert-OH is 1. The van der Waals surface area contributed by atoms with Gasteiger partial charge in [0.25, 0.3) is 0 Å².